The fourth-order valence-electron chi connectivity index (χ4n) is 4.80. The van der Waals surface area contributed by atoms with Crippen LogP contribution >= 0.6 is 7.60 Å². The Morgan fingerprint density at radius 1 is 0.900 bits per heavy atom. The predicted octanol–water partition coefficient (Wildman–Crippen LogP) is 7.29. The van der Waals surface area contributed by atoms with E-state index in [0.717, 1.165) is 18.4 Å². The minimum Gasteiger partial charge on any atom is -0.379 e. The Morgan fingerprint density at radius 2 is 1.43 bits per heavy atom. The Kier molecular flexibility index (Phi) is 18.0. The number of hydrogen-bond acceptors (Lipinski definition) is 6. The van der Waals surface area contributed by atoms with Gasteiger partial charge >= 0.3 is 7.60 Å². The highest BCUT2D eigenvalue weighted by atomic mass is 31.2. The molecule has 2 rings (SSSR count). The van der Waals surface area contributed by atoms with Crippen LogP contribution in [0.1, 0.15) is 66.0 Å². The lowest BCUT2D eigenvalue weighted by Crippen LogP contribution is -2.56. The van der Waals surface area contributed by atoms with E-state index in [9.17, 15) is 9.36 Å². The van der Waals surface area contributed by atoms with Crippen molar-refractivity contribution in [3.8, 4) is 0 Å². The van der Waals surface area contributed by atoms with E-state index in [-0.39, 0.29) is 37.1 Å². The number of benzene rings is 2. The zero-order chi connectivity index (χ0) is 30.0. The van der Waals surface area contributed by atoms with Gasteiger partial charge in [-0.2, -0.15) is 0 Å². The van der Waals surface area contributed by atoms with Gasteiger partial charge in [0.2, 0.25) is 5.91 Å². The molecule has 0 aliphatic heterocycles. The number of amides is 1. The van der Waals surface area contributed by atoms with Crippen molar-refractivity contribution < 1.29 is 27.9 Å². The number of hydrogen-bond donors (Lipinski definition) is 1. The molecule has 0 spiro atoms. The first-order valence-electron chi connectivity index (χ1n) is 14.6. The standard InChI is InChI=1S/C30H46NO6P.C2H6/c1-7-23(4)27(20-25-16-12-10-13-17-25)30(35-21-26-18-14-11-15-19-26)29(31-24(5)32)28(34-6)22-38(33,36-8-2)37-9-3;1-2/h10-19,23,27-30H,7-9,20-22H2,1-6H3,(H,31,32);1-2H3. The van der Waals surface area contributed by atoms with Gasteiger partial charge in [-0.1, -0.05) is 94.8 Å². The third-order valence-corrected chi connectivity index (χ3v) is 8.99. The first-order valence-corrected chi connectivity index (χ1v) is 16.4. The summed E-state index contributed by atoms with van der Waals surface area (Å²) in [7, 11) is -1.90. The summed E-state index contributed by atoms with van der Waals surface area (Å²) >= 11 is 0. The SMILES string of the molecule is CC.CCOP(=O)(CC(OC)C(NC(C)=O)C(OCc1ccccc1)C(Cc1ccccc1)C(C)CC)OCC. The molecule has 0 aromatic heterocycles. The van der Waals surface area contributed by atoms with E-state index in [1.165, 1.54) is 12.5 Å². The van der Waals surface area contributed by atoms with Crippen molar-refractivity contribution in [2.75, 3.05) is 26.5 Å². The van der Waals surface area contributed by atoms with E-state index < -0.39 is 25.8 Å². The molecule has 0 saturated heterocycles. The van der Waals surface area contributed by atoms with Gasteiger partial charge in [0.05, 0.1) is 44.2 Å². The van der Waals surface area contributed by atoms with E-state index >= 15 is 0 Å². The van der Waals surface area contributed by atoms with Crippen LogP contribution in [0.5, 0.6) is 0 Å². The Morgan fingerprint density at radius 3 is 1.88 bits per heavy atom. The maximum absolute atomic E-state index is 13.5. The summed E-state index contributed by atoms with van der Waals surface area (Å²) in [5.41, 5.74) is 2.22. The molecule has 8 heteroatoms. The molecule has 0 aliphatic carbocycles. The van der Waals surface area contributed by atoms with Crippen LogP contribution < -0.4 is 5.32 Å². The summed E-state index contributed by atoms with van der Waals surface area (Å²) in [5.74, 6) is 0.102. The number of carbonyl (C=O) groups excluding carboxylic acids is 1. The lowest BCUT2D eigenvalue weighted by Gasteiger charge is -2.40. The van der Waals surface area contributed by atoms with Crippen LogP contribution in [-0.2, 0) is 40.9 Å². The van der Waals surface area contributed by atoms with E-state index in [1.54, 1.807) is 21.0 Å². The molecular formula is C32H52NO6P. The van der Waals surface area contributed by atoms with Crippen LogP contribution in [0, 0.1) is 11.8 Å². The molecule has 226 valence electrons. The van der Waals surface area contributed by atoms with Crippen LogP contribution in [-0.4, -0.2) is 50.6 Å². The van der Waals surface area contributed by atoms with Gasteiger partial charge in [-0.15, -0.1) is 0 Å². The van der Waals surface area contributed by atoms with Gasteiger partial charge in [-0.05, 0) is 43.2 Å². The van der Waals surface area contributed by atoms with Crippen LogP contribution in [0.25, 0.3) is 0 Å². The summed E-state index contributed by atoms with van der Waals surface area (Å²) in [6, 6.07) is 19.7. The number of carbonyl (C=O) groups is 1. The highest BCUT2D eigenvalue weighted by Crippen LogP contribution is 2.49. The smallest absolute Gasteiger partial charge is 0.333 e. The normalized spacial score (nSPS) is 15.2. The molecule has 0 radical (unpaired) electrons. The maximum atomic E-state index is 13.5. The lowest BCUT2D eigenvalue weighted by atomic mass is 9.78. The van der Waals surface area contributed by atoms with Crippen LogP contribution in [0.15, 0.2) is 60.7 Å². The summed E-state index contributed by atoms with van der Waals surface area (Å²) in [5, 5.41) is 3.10. The Balaban J connectivity index is 0.00000391. The van der Waals surface area contributed by atoms with Crippen molar-refractivity contribution in [1.82, 2.24) is 5.32 Å². The molecule has 1 amide bonds. The van der Waals surface area contributed by atoms with Gasteiger partial charge in [0.1, 0.15) is 0 Å². The predicted molar refractivity (Wildman–Crippen MR) is 164 cm³/mol. The second-order valence-corrected chi connectivity index (χ2v) is 11.7. The number of ether oxygens (including phenoxy) is 2. The van der Waals surface area contributed by atoms with Crippen molar-refractivity contribution in [2.24, 2.45) is 11.8 Å². The highest BCUT2D eigenvalue weighted by molar-refractivity contribution is 7.53. The Bertz CT molecular complexity index is 964. The van der Waals surface area contributed by atoms with Gasteiger partial charge in [-0.3, -0.25) is 9.36 Å². The van der Waals surface area contributed by atoms with Gasteiger partial charge < -0.3 is 23.8 Å². The number of rotatable bonds is 18. The third kappa shape index (κ3) is 12.2. The molecule has 7 nitrogen and oxygen atoms in total. The first kappa shape index (κ1) is 36.0. The van der Waals surface area contributed by atoms with Crippen LogP contribution in [0.3, 0.4) is 0 Å². The molecule has 0 fully saturated rings. The molecule has 40 heavy (non-hydrogen) atoms. The van der Waals surface area contributed by atoms with E-state index in [0.29, 0.717) is 6.61 Å². The highest BCUT2D eigenvalue weighted by Gasteiger charge is 2.42. The van der Waals surface area contributed by atoms with Crippen molar-refractivity contribution in [3.63, 3.8) is 0 Å². The molecule has 5 atom stereocenters. The first-order chi connectivity index (χ1) is 19.3. The topological polar surface area (TPSA) is 83.1 Å². The minimum atomic E-state index is -3.47. The minimum absolute atomic E-state index is 0.000113. The van der Waals surface area contributed by atoms with Gasteiger partial charge in [0.15, 0.2) is 0 Å². The molecule has 2 aromatic rings. The van der Waals surface area contributed by atoms with Crippen LogP contribution in [0.4, 0.5) is 0 Å². The second kappa shape index (κ2) is 20.0. The largest absolute Gasteiger partial charge is 0.379 e. The van der Waals surface area contributed by atoms with Gasteiger partial charge in [0, 0.05) is 14.0 Å². The summed E-state index contributed by atoms with van der Waals surface area (Å²) in [6.45, 7) is 14.3. The average Bonchev–Trinajstić information content (AvgIpc) is 2.96. The summed E-state index contributed by atoms with van der Waals surface area (Å²) < 4.78 is 37.4. The Hall–Kier alpha value is -2.02. The van der Waals surface area contributed by atoms with E-state index in [2.05, 4.69) is 31.3 Å². The molecule has 0 bridgehead atoms. The van der Waals surface area contributed by atoms with Gasteiger partial charge in [-0.25, -0.2) is 0 Å². The summed E-state index contributed by atoms with van der Waals surface area (Å²) in [4.78, 5) is 12.5. The zero-order valence-electron chi connectivity index (χ0n) is 25.8. The molecule has 2 aromatic carbocycles. The quantitative estimate of drug-likeness (QED) is 0.187. The molecule has 1 N–H and O–H groups in total. The lowest BCUT2D eigenvalue weighted by molar-refractivity contribution is -0.125. The average molecular weight is 578 g/mol. The zero-order valence-corrected chi connectivity index (χ0v) is 26.7. The van der Waals surface area contributed by atoms with E-state index in [4.69, 9.17) is 18.5 Å². The number of nitrogens with one attached hydrogen (secondary N) is 1. The fraction of sp³-hybridized carbons (Fsp3) is 0.594. The summed E-state index contributed by atoms with van der Waals surface area (Å²) in [6.07, 6.45) is 0.599. The molecule has 0 heterocycles. The van der Waals surface area contributed by atoms with E-state index in [1.807, 2.05) is 62.4 Å². The molecule has 0 aliphatic rings. The third-order valence-electron chi connectivity index (χ3n) is 6.88. The Labute approximate surface area is 242 Å². The fourth-order valence-corrected chi connectivity index (χ4v) is 6.69. The van der Waals surface area contributed by atoms with Crippen molar-refractivity contribution in [2.45, 2.75) is 86.2 Å². The van der Waals surface area contributed by atoms with Crippen molar-refractivity contribution >= 4 is 13.5 Å². The number of methoxy groups -OCH3 is 1. The van der Waals surface area contributed by atoms with Crippen molar-refractivity contribution in [1.29, 1.82) is 0 Å². The van der Waals surface area contributed by atoms with Gasteiger partial charge in [0.25, 0.3) is 0 Å². The van der Waals surface area contributed by atoms with Crippen molar-refractivity contribution in [3.05, 3.63) is 71.8 Å². The second-order valence-electron chi connectivity index (χ2n) is 9.63. The molecule has 0 saturated carbocycles. The van der Waals surface area contributed by atoms with Crippen LogP contribution in [0.2, 0.25) is 0 Å². The monoisotopic (exact) mass is 577 g/mol. The molecular weight excluding hydrogens is 525 g/mol. The maximum Gasteiger partial charge on any atom is 0.333 e. The molecule has 5 unspecified atom stereocenters.